The Morgan fingerprint density at radius 2 is 1.82 bits per heavy atom. The topological polar surface area (TPSA) is 165 Å². The average molecular weight is 550 g/mol. The third kappa shape index (κ3) is 3.74. The number of likely N-dealkylation sites (N-methyl/N-ethyl adjacent to an activating group) is 1. The van der Waals surface area contributed by atoms with E-state index in [9.17, 15) is 25.4 Å². The lowest BCUT2D eigenvalue weighted by atomic mass is 9.75. The molecule has 1 saturated heterocycles. The second-order valence-electron chi connectivity index (χ2n) is 10.8. The largest absolute Gasteiger partial charge is 0.507 e. The minimum atomic E-state index is -0.772. The van der Waals surface area contributed by atoms with Crippen molar-refractivity contribution in [3.05, 3.63) is 45.1 Å². The number of carbonyl (C=O) groups excluding carboxylic acids is 1. The first-order valence-electron chi connectivity index (χ1n) is 13.1. The fourth-order valence-electron chi connectivity index (χ4n) is 6.66. The van der Waals surface area contributed by atoms with E-state index in [0.29, 0.717) is 40.1 Å². The Morgan fingerprint density at radius 3 is 2.42 bits per heavy atom. The molecule has 5 atom stereocenters. The van der Waals surface area contributed by atoms with Gasteiger partial charge in [-0.15, -0.1) is 0 Å². The highest BCUT2D eigenvalue weighted by Crippen LogP contribution is 2.57. The summed E-state index contributed by atoms with van der Waals surface area (Å²) in [5, 5.41) is 47.5. The van der Waals surface area contributed by atoms with E-state index in [-0.39, 0.29) is 35.6 Å². The van der Waals surface area contributed by atoms with Crippen LogP contribution in [0.4, 0.5) is 0 Å². The van der Waals surface area contributed by atoms with Gasteiger partial charge in [0.2, 0.25) is 5.91 Å². The van der Waals surface area contributed by atoms with E-state index in [2.05, 4.69) is 16.3 Å². The Hall–Kier alpha value is -4.14. The SMILES string of the molecule is COc1c(C)cc2c(c1O)[C@@H]1C3=Cc4c(O)c(C)c(OC)c(O)c4[C@H](CNC(=O)[C@@H](C)N)N3[C@@H](C#N)[C@H](C2)N1C. The Labute approximate surface area is 233 Å². The van der Waals surface area contributed by atoms with Crippen molar-refractivity contribution in [3.63, 3.8) is 0 Å². The van der Waals surface area contributed by atoms with Crippen LogP contribution < -0.4 is 20.5 Å². The summed E-state index contributed by atoms with van der Waals surface area (Å²) >= 11 is 0. The van der Waals surface area contributed by atoms with Crippen molar-refractivity contribution < 1.29 is 29.6 Å². The van der Waals surface area contributed by atoms with Crippen molar-refractivity contribution in [2.45, 2.75) is 57.4 Å². The van der Waals surface area contributed by atoms with Crippen molar-refractivity contribution in [1.29, 1.82) is 5.26 Å². The fourth-order valence-corrected chi connectivity index (χ4v) is 6.66. The van der Waals surface area contributed by atoms with E-state index in [1.807, 2.05) is 24.9 Å². The van der Waals surface area contributed by atoms with Gasteiger partial charge in [-0.1, -0.05) is 6.07 Å². The van der Waals surface area contributed by atoms with Crippen molar-refractivity contribution in [2.75, 3.05) is 27.8 Å². The van der Waals surface area contributed by atoms with E-state index in [4.69, 9.17) is 15.2 Å². The number of nitrogens with zero attached hydrogens (tertiary/aromatic N) is 3. The zero-order valence-corrected chi connectivity index (χ0v) is 23.4. The molecule has 2 aromatic carbocycles. The quantitative estimate of drug-likeness (QED) is 0.349. The van der Waals surface area contributed by atoms with Crippen molar-refractivity contribution in [2.24, 2.45) is 5.73 Å². The maximum atomic E-state index is 12.6. The van der Waals surface area contributed by atoms with Gasteiger partial charge in [-0.25, -0.2) is 0 Å². The summed E-state index contributed by atoms with van der Waals surface area (Å²) in [6, 6.07) is 1.45. The lowest BCUT2D eigenvalue weighted by Crippen LogP contribution is -2.62. The maximum Gasteiger partial charge on any atom is 0.236 e. The molecule has 5 rings (SSSR count). The molecule has 0 saturated carbocycles. The lowest BCUT2D eigenvalue weighted by molar-refractivity contribution is -0.122. The zero-order chi connectivity index (χ0) is 29.2. The maximum absolute atomic E-state index is 12.6. The number of piperazine rings is 1. The third-order valence-electron chi connectivity index (χ3n) is 8.54. The van der Waals surface area contributed by atoms with Crippen LogP contribution in [0, 0.1) is 25.2 Å². The van der Waals surface area contributed by atoms with Gasteiger partial charge in [0.15, 0.2) is 23.0 Å². The molecule has 212 valence electrons. The normalized spacial score (nSPS) is 23.6. The molecule has 3 heterocycles. The summed E-state index contributed by atoms with van der Waals surface area (Å²) in [6.45, 7) is 5.08. The van der Waals surface area contributed by atoms with Gasteiger partial charge < -0.3 is 40.7 Å². The number of methoxy groups -OCH3 is 2. The second-order valence-corrected chi connectivity index (χ2v) is 10.8. The molecule has 40 heavy (non-hydrogen) atoms. The van der Waals surface area contributed by atoms with Crippen molar-refractivity contribution >= 4 is 12.0 Å². The summed E-state index contributed by atoms with van der Waals surface area (Å²) < 4.78 is 11.0. The summed E-state index contributed by atoms with van der Waals surface area (Å²) in [6.07, 6.45) is 2.24. The van der Waals surface area contributed by atoms with Gasteiger partial charge >= 0.3 is 0 Å². The number of carbonyl (C=O) groups is 1. The van der Waals surface area contributed by atoms with Crippen molar-refractivity contribution in [1.82, 2.24) is 15.1 Å². The van der Waals surface area contributed by atoms with Gasteiger partial charge in [0.05, 0.1) is 38.4 Å². The highest BCUT2D eigenvalue weighted by Gasteiger charge is 2.53. The van der Waals surface area contributed by atoms with E-state index < -0.39 is 30.1 Å². The Balaban J connectivity index is 1.81. The van der Waals surface area contributed by atoms with Crippen LogP contribution in [-0.4, -0.2) is 77.0 Å². The van der Waals surface area contributed by atoms with Gasteiger partial charge in [0, 0.05) is 40.5 Å². The van der Waals surface area contributed by atoms with E-state index in [1.165, 1.54) is 14.2 Å². The standard InChI is InChI=1S/C29H35N5O6/c1-12-7-15-8-17-19(10-30)34-18(23(33(17)4)21(15)25(36)27(12)39-5)9-16-22(20(34)11-32-29(38)14(3)31)26(37)28(40-6)13(2)24(16)35/h7,9,14,17,19-20,23,35-37H,8,11,31H2,1-6H3,(H,32,38)/t14-,17+,19+,20+,23+/m1/s1. The van der Waals surface area contributed by atoms with Crippen LogP contribution in [0.3, 0.4) is 0 Å². The number of phenols is 3. The predicted octanol–water partition coefficient (Wildman–Crippen LogP) is 2.10. The molecule has 1 amide bonds. The van der Waals surface area contributed by atoms with Gasteiger partial charge in [0.1, 0.15) is 11.8 Å². The molecule has 3 aliphatic rings. The highest BCUT2D eigenvalue weighted by atomic mass is 16.5. The number of hydrogen-bond acceptors (Lipinski definition) is 10. The third-order valence-corrected chi connectivity index (χ3v) is 8.54. The van der Waals surface area contributed by atoms with Crippen molar-refractivity contribution in [3.8, 4) is 34.8 Å². The van der Waals surface area contributed by atoms with Gasteiger partial charge in [-0.2, -0.15) is 5.26 Å². The fraction of sp³-hybridized carbons (Fsp3) is 0.448. The zero-order valence-electron chi connectivity index (χ0n) is 23.4. The van der Waals surface area contributed by atoms with Crippen LogP contribution in [0.1, 0.15) is 52.4 Å². The monoisotopic (exact) mass is 549 g/mol. The molecule has 2 bridgehead atoms. The smallest absolute Gasteiger partial charge is 0.236 e. The minimum absolute atomic E-state index is 0.00131. The minimum Gasteiger partial charge on any atom is -0.507 e. The van der Waals surface area contributed by atoms with Crippen LogP contribution in [0.5, 0.6) is 28.7 Å². The Bertz CT molecular complexity index is 1480. The molecule has 11 nitrogen and oxygen atoms in total. The number of aryl methyl sites for hydroxylation is 1. The number of benzene rings is 2. The van der Waals surface area contributed by atoms with E-state index >= 15 is 0 Å². The lowest BCUT2D eigenvalue weighted by Gasteiger charge is -2.57. The first-order chi connectivity index (χ1) is 19.0. The summed E-state index contributed by atoms with van der Waals surface area (Å²) in [5.41, 5.74) is 9.85. The number of phenolic OH excluding ortho intramolecular Hbond substituents is 3. The van der Waals surface area contributed by atoms with Crippen LogP contribution >= 0.6 is 0 Å². The molecule has 2 aromatic rings. The average Bonchev–Trinajstić information content (AvgIpc) is 2.91. The van der Waals surface area contributed by atoms with E-state index in [0.717, 1.165) is 11.1 Å². The predicted molar refractivity (Wildman–Crippen MR) is 147 cm³/mol. The number of fused-ring (bicyclic) bond motifs is 7. The van der Waals surface area contributed by atoms with E-state index in [1.54, 1.807) is 19.9 Å². The molecule has 0 spiro atoms. The molecular formula is C29H35N5O6. The molecule has 3 aliphatic heterocycles. The number of aromatic hydroxyl groups is 3. The number of ether oxygens (including phenoxy) is 2. The molecular weight excluding hydrogens is 514 g/mol. The number of nitrogens with one attached hydrogen (secondary N) is 1. The van der Waals surface area contributed by atoms with Gasteiger partial charge in [-0.3, -0.25) is 9.69 Å². The van der Waals surface area contributed by atoms with Crippen LogP contribution in [-0.2, 0) is 11.2 Å². The number of rotatable bonds is 5. The van der Waals surface area contributed by atoms with Gasteiger partial charge in [-0.05, 0) is 51.4 Å². The molecule has 0 unspecified atom stereocenters. The molecule has 1 fully saturated rings. The molecule has 0 aromatic heterocycles. The highest BCUT2D eigenvalue weighted by molar-refractivity contribution is 5.81. The molecule has 0 radical (unpaired) electrons. The molecule has 6 N–H and O–H groups in total. The molecule has 0 aliphatic carbocycles. The summed E-state index contributed by atoms with van der Waals surface area (Å²) in [7, 11) is 4.82. The second kappa shape index (κ2) is 9.80. The molecule has 11 heteroatoms. The van der Waals surface area contributed by atoms with Crippen LogP contribution in [0.15, 0.2) is 11.8 Å². The first kappa shape index (κ1) is 27.4. The Morgan fingerprint density at radius 1 is 1.18 bits per heavy atom. The van der Waals surface area contributed by atoms with Crippen LogP contribution in [0.25, 0.3) is 6.08 Å². The first-order valence-corrected chi connectivity index (χ1v) is 13.1. The number of nitriles is 1. The van der Waals surface area contributed by atoms with Gasteiger partial charge in [0.25, 0.3) is 0 Å². The summed E-state index contributed by atoms with van der Waals surface area (Å²) in [5.74, 6) is -0.147. The van der Waals surface area contributed by atoms with Crippen LogP contribution in [0.2, 0.25) is 0 Å². The Kier molecular flexibility index (Phi) is 6.72. The number of nitrogens with two attached hydrogens (primary N) is 1. The number of amides is 1. The number of hydrogen-bond donors (Lipinski definition) is 5. The summed E-state index contributed by atoms with van der Waals surface area (Å²) in [4.78, 5) is 16.5.